The molecular formula is C15H19N5O2. The van der Waals surface area contributed by atoms with Crippen molar-refractivity contribution in [1.82, 2.24) is 25.0 Å². The maximum absolute atomic E-state index is 12.1. The summed E-state index contributed by atoms with van der Waals surface area (Å²) in [4.78, 5) is 20.7. The van der Waals surface area contributed by atoms with Crippen LogP contribution in [-0.2, 0) is 24.2 Å². The zero-order chi connectivity index (χ0) is 14.9. The van der Waals surface area contributed by atoms with Gasteiger partial charge >= 0.3 is 0 Å². The minimum Gasteiger partial charge on any atom is -0.352 e. The Balaban J connectivity index is 1.26. The molecule has 7 nitrogen and oxygen atoms in total. The highest BCUT2D eigenvalue weighted by molar-refractivity contribution is 5.76. The van der Waals surface area contributed by atoms with Crippen molar-refractivity contribution in [2.45, 2.75) is 57.0 Å². The molecule has 3 heterocycles. The average molecular weight is 301 g/mol. The maximum atomic E-state index is 12.1. The van der Waals surface area contributed by atoms with Gasteiger partial charge < -0.3 is 14.4 Å². The Kier molecular flexibility index (Phi) is 3.40. The topological polar surface area (TPSA) is 85.8 Å². The van der Waals surface area contributed by atoms with E-state index >= 15 is 0 Å². The monoisotopic (exact) mass is 301 g/mol. The summed E-state index contributed by atoms with van der Waals surface area (Å²) in [6.45, 7) is 0.799. The lowest BCUT2D eigenvalue weighted by Gasteiger charge is -2.24. The lowest BCUT2D eigenvalue weighted by molar-refractivity contribution is -0.122. The normalized spacial score (nSPS) is 20.6. The largest absolute Gasteiger partial charge is 0.352 e. The summed E-state index contributed by atoms with van der Waals surface area (Å²) >= 11 is 0. The Morgan fingerprint density at radius 3 is 3.18 bits per heavy atom. The first kappa shape index (κ1) is 13.5. The van der Waals surface area contributed by atoms with E-state index in [0.29, 0.717) is 24.7 Å². The molecular weight excluding hydrogens is 282 g/mol. The standard InChI is InChI=1S/C15H19N5O2/c21-13(5-6-14-18-15(19-22-14)10-1-2-10)17-11-3-4-12-16-7-8-20(12)9-11/h7-8,10-11H,1-6,9H2,(H,17,21)/t11-/m1/s1. The van der Waals surface area contributed by atoms with Crippen LogP contribution in [0, 0.1) is 0 Å². The Hall–Kier alpha value is -2.18. The van der Waals surface area contributed by atoms with Crippen LogP contribution in [0.2, 0.25) is 0 Å². The van der Waals surface area contributed by atoms with Crippen LogP contribution in [0.15, 0.2) is 16.9 Å². The number of aryl methyl sites for hydroxylation is 2. The van der Waals surface area contributed by atoms with Gasteiger partial charge in [0.25, 0.3) is 0 Å². The minimum atomic E-state index is 0.0414. The maximum Gasteiger partial charge on any atom is 0.227 e. The summed E-state index contributed by atoms with van der Waals surface area (Å²) in [7, 11) is 0. The molecule has 0 unspecified atom stereocenters. The third-order valence-corrected chi connectivity index (χ3v) is 4.29. The van der Waals surface area contributed by atoms with Gasteiger partial charge in [0.05, 0.1) is 0 Å². The molecule has 2 aliphatic rings. The smallest absolute Gasteiger partial charge is 0.227 e. The summed E-state index contributed by atoms with van der Waals surface area (Å²) in [6.07, 6.45) is 8.82. The quantitative estimate of drug-likeness (QED) is 0.897. The molecule has 1 saturated carbocycles. The fourth-order valence-corrected chi connectivity index (χ4v) is 2.88. The van der Waals surface area contributed by atoms with E-state index < -0.39 is 0 Å². The van der Waals surface area contributed by atoms with Gasteiger partial charge in [-0.15, -0.1) is 0 Å². The van der Waals surface area contributed by atoms with Crippen LogP contribution < -0.4 is 5.32 Å². The van der Waals surface area contributed by atoms with Crippen molar-refractivity contribution in [2.24, 2.45) is 0 Å². The van der Waals surface area contributed by atoms with E-state index in [9.17, 15) is 4.79 Å². The third-order valence-electron chi connectivity index (χ3n) is 4.29. The summed E-state index contributed by atoms with van der Waals surface area (Å²) in [5.41, 5.74) is 0. The van der Waals surface area contributed by atoms with Gasteiger partial charge in [-0.05, 0) is 19.3 Å². The van der Waals surface area contributed by atoms with Gasteiger partial charge in [0.2, 0.25) is 11.8 Å². The van der Waals surface area contributed by atoms with Crippen molar-refractivity contribution in [2.75, 3.05) is 0 Å². The van der Waals surface area contributed by atoms with Crippen molar-refractivity contribution in [3.63, 3.8) is 0 Å². The van der Waals surface area contributed by atoms with E-state index in [4.69, 9.17) is 4.52 Å². The molecule has 2 aromatic rings. The molecule has 0 radical (unpaired) electrons. The Bertz CT molecular complexity index is 673. The van der Waals surface area contributed by atoms with Crippen LogP contribution in [0.4, 0.5) is 0 Å². The second-order valence-electron chi connectivity index (χ2n) is 6.12. The number of carbonyl (C=O) groups excluding carboxylic acids is 1. The molecule has 4 rings (SSSR count). The fraction of sp³-hybridized carbons (Fsp3) is 0.600. The fourth-order valence-electron chi connectivity index (χ4n) is 2.88. The number of rotatable bonds is 5. The van der Waals surface area contributed by atoms with Crippen molar-refractivity contribution in [3.05, 3.63) is 29.9 Å². The van der Waals surface area contributed by atoms with Gasteiger partial charge in [0, 0.05) is 50.2 Å². The Morgan fingerprint density at radius 1 is 1.41 bits per heavy atom. The van der Waals surface area contributed by atoms with Crippen molar-refractivity contribution in [1.29, 1.82) is 0 Å². The predicted molar refractivity (Wildman–Crippen MR) is 77.1 cm³/mol. The predicted octanol–water partition coefficient (Wildman–Crippen LogP) is 1.21. The number of imidazole rings is 1. The molecule has 0 bridgehead atoms. The van der Waals surface area contributed by atoms with E-state index in [2.05, 4.69) is 25.0 Å². The number of aromatic nitrogens is 4. The molecule has 1 aliphatic heterocycles. The van der Waals surface area contributed by atoms with E-state index in [-0.39, 0.29) is 11.9 Å². The van der Waals surface area contributed by atoms with Crippen LogP contribution in [0.5, 0.6) is 0 Å². The molecule has 22 heavy (non-hydrogen) atoms. The first-order chi connectivity index (χ1) is 10.8. The molecule has 7 heteroatoms. The average Bonchev–Trinajstić information content (AvgIpc) is 3.08. The number of fused-ring (bicyclic) bond motifs is 1. The van der Waals surface area contributed by atoms with Crippen molar-refractivity contribution >= 4 is 5.91 Å². The molecule has 1 fully saturated rings. The molecule has 1 atom stereocenters. The van der Waals surface area contributed by atoms with Gasteiger partial charge in [-0.25, -0.2) is 4.98 Å². The SMILES string of the molecule is O=C(CCc1nc(C2CC2)no1)N[C@@H]1CCc2nccn2C1. The number of nitrogens with zero attached hydrogens (tertiary/aromatic N) is 4. The molecule has 2 aromatic heterocycles. The van der Waals surface area contributed by atoms with E-state index in [1.165, 1.54) is 0 Å². The first-order valence-electron chi connectivity index (χ1n) is 7.90. The zero-order valence-electron chi connectivity index (χ0n) is 12.4. The third kappa shape index (κ3) is 2.88. The van der Waals surface area contributed by atoms with Gasteiger partial charge in [-0.1, -0.05) is 5.16 Å². The molecule has 1 amide bonds. The summed E-state index contributed by atoms with van der Waals surface area (Å²) in [6, 6.07) is 0.180. The van der Waals surface area contributed by atoms with Gasteiger partial charge in [-0.3, -0.25) is 4.79 Å². The van der Waals surface area contributed by atoms with E-state index in [1.54, 1.807) is 0 Å². The van der Waals surface area contributed by atoms with Crippen LogP contribution in [0.3, 0.4) is 0 Å². The van der Waals surface area contributed by atoms with Crippen molar-refractivity contribution in [3.8, 4) is 0 Å². The van der Waals surface area contributed by atoms with Crippen molar-refractivity contribution < 1.29 is 9.32 Å². The van der Waals surface area contributed by atoms with Crippen LogP contribution in [0.25, 0.3) is 0 Å². The highest BCUT2D eigenvalue weighted by Crippen LogP contribution is 2.38. The molecule has 0 saturated heterocycles. The molecule has 0 spiro atoms. The number of carbonyl (C=O) groups is 1. The molecule has 0 aromatic carbocycles. The second-order valence-corrected chi connectivity index (χ2v) is 6.12. The minimum absolute atomic E-state index is 0.0414. The van der Waals surface area contributed by atoms with Gasteiger partial charge in [0.15, 0.2) is 5.82 Å². The second kappa shape index (κ2) is 5.55. The lowest BCUT2D eigenvalue weighted by Crippen LogP contribution is -2.41. The first-order valence-corrected chi connectivity index (χ1v) is 7.90. The van der Waals surface area contributed by atoms with Crippen LogP contribution in [0.1, 0.15) is 49.1 Å². The zero-order valence-corrected chi connectivity index (χ0v) is 12.4. The molecule has 1 aliphatic carbocycles. The number of amides is 1. The highest BCUT2D eigenvalue weighted by atomic mass is 16.5. The van der Waals surface area contributed by atoms with E-state index in [0.717, 1.165) is 43.9 Å². The lowest BCUT2D eigenvalue weighted by atomic mass is 10.1. The van der Waals surface area contributed by atoms with E-state index in [1.807, 2.05) is 12.4 Å². The molecule has 1 N–H and O–H groups in total. The molecule has 116 valence electrons. The number of hydrogen-bond donors (Lipinski definition) is 1. The van der Waals surface area contributed by atoms with Gasteiger partial charge in [-0.2, -0.15) is 4.98 Å². The summed E-state index contributed by atoms with van der Waals surface area (Å²) < 4.78 is 7.29. The van der Waals surface area contributed by atoms with Gasteiger partial charge in [0.1, 0.15) is 5.82 Å². The number of nitrogens with one attached hydrogen (secondary N) is 1. The number of hydrogen-bond acceptors (Lipinski definition) is 5. The Morgan fingerprint density at radius 2 is 2.32 bits per heavy atom. The van der Waals surface area contributed by atoms with Crippen LogP contribution >= 0.6 is 0 Å². The summed E-state index contributed by atoms with van der Waals surface area (Å²) in [5, 5.41) is 7.05. The van der Waals surface area contributed by atoms with Crippen LogP contribution in [-0.4, -0.2) is 31.6 Å². The Labute approximate surface area is 128 Å². The summed E-state index contributed by atoms with van der Waals surface area (Å²) in [5.74, 6) is 2.99. The highest BCUT2D eigenvalue weighted by Gasteiger charge is 2.28.